The largest absolute Gasteiger partial charge is 0.383 e. The summed E-state index contributed by atoms with van der Waals surface area (Å²) < 4.78 is 8.13. The zero-order chi connectivity index (χ0) is 17.5. The van der Waals surface area contributed by atoms with Crippen molar-refractivity contribution >= 4 is 39.1 Å². The minimum Gasteiger partial charge on any atom is -0.383 e. The molecule has 1 aromatic carbocycles. The van der Waals surface area contributed by atoms with E-state index in [4.69, 9.17) is 4.74 Å². The van der Waals surface area contributed by atoms with Gasteiger partial charge in [-0.3, -0.25) is 9.59 Å². The van der Waals surface area contributed by atoms with Crippen LogP contribution in [0.3, 0.4) is 0 Å². The lowest BCUT2D eigenvalue weighted by Gasteiger charge is -2.05. The Morgan fingerprint density at radius 2 is 2.17 bits per heavy atom. The number of anilines is 1. The van der Waals surface area contributed by atoms with E-state index in [0.29, 0.717) is 24.4 Å². The Morgan fingerprint density at radius 1 is 1.38 bits per heavy atom. The van der Waals surface area contributed by atoms with Gasteiger partial charge in [0.1, 0.15) is 0 Å². The van der Waals surface area contributed by atoms with E-state index in [9.17, 15) is 9.59 Å². The number of aromatic nitrogens is 1. The average molecular weight is 349 g/mol. The van der Waals surface area contributed by atoms with Gasteiger partial charge < -0.3 is 14.6 Å². The number of amides is 2. The van der Waals surface area contributed by atoms with Gasteiger partial charge in [0.05, 0.1) is 16.8 Å². The van der Waals surface area contributed by atoms with E-state index < -0.39 is 0 Å². The monoisotopic (exact) mass is 349 g/mol. The van der Waals surface area contributed by atoms with Crippen LogP contribution in [0.2, 0.25) is 0 Å². The average Bonchev–Trinajstić information content (AvgIpc) is 2.86. The fourth-order valence-electron chi connectivity index (χ4n) is 2.33. The molecule has 6 nitrogen and oxygen atoms in total. The first-order chi connectivity index (χ1) is 11.5. The fourth-order valence-corrected chi connectivity index (χ4v) is 3.44. The van der Waals surface area contributed by atoms with Gasteiger partial charge in [-0.1, -0.05) is 24.7 Å². The van der Waals surface area contributed by atoms with Crippen LogP contribution in [-0.4, -0.2) is 30.1 Å². The summed E-state index contributed by atoms with van der Waals surface area (Å²) in [5, 5.41) is 2.77. The van der Waals surface area contributed by atoms with Crippen molar-refractivity contribution in [3.63, 3.8) is 0 Å². The molecule has 0 spiro atoms. The van der Waals surface area contributed by atoms with E-state index in [0.717, 1.165) is 28.7 Å². The molecule has 2 rings (SSSR count). The van der Waals surface area contributed by atoms with Gasteiger partial charge >= 0.3 is 0 Å². The third-order valence-electron chi connectivity index (χ3n) is 3.49. The third-order valence-corrected chi connectivity index (χ3v) is 4.53. The summed E-state index contributed by atoms with van der Waals surface area (Å²) in [6, 6.07) is 5.69. The summed E-state index contributed by atoms with van der Waals surface area (Å²) in [6.07, 6.45) is 2.28. The van der Waals surface area contributed by atoms with E-state index in [1.54, 1.807) is 7.11 Å². The quantitative estimate of drug-likeness (QED) is 0.835. The second-order valence-electron chi connectivity index (χ2n) is 5.50. The van der Waals surface area contributed by atoms with E-state index >= 15 is 0 Å². The summed E-state index contributed by atoms with van der Waals surface area (Å²) in [6.45, 7) is 4.69. The Labute approximate surface area is 145 Å². The molecule has 0 aliphatic heterocycles. The van der Waals surface area contributed by atoms with E-state index in [1.807, 2.05) is 22.8 Å². The molecule has 0 bridgehead atoms. The van der Waals surface area contributed by atoms with Crippen LogP contribution in [0.15, 0.2) is 23.2 Å². The Morgan fingerprint density at radius 3 is 2.83 bits per heavy atom. The third kappa shape index (κ3) is 4.75. The molecular formula is C17H23N3O3S. The molecule has 0 unspecified atom stereocenters. The molecule has 0 saturated heterocycles. The number of benzene rings is 1. The molecule has 1 heterocycles. The SMILES string of the molecule is CCCCC(=O)N=c1sc2cc(NC(C)=O)ccc2n1CCOC. The molecule has 0 atom stereocenters. The van der Waals surface area contributed by atoms with Gasteiger partial charge in [0, 0.05) is 32.7 Å². The maximum absolute atomic E-state index is 12.0. The second-order valence-corrected chi connectivity index (χ2v) is 6.51. The number of fused-ring (bicyclic) bond motifs is 1. The first-order valence-electron chi connectivity index (χ1n) is 8.02. The van der Waals surface area contributed by atoms with Gasteiger partial charge in [-0.2, -0.15) is 4.99 Å². The predicted octanol–water partition coefficient (Wildman–Crippen LogP) is 2.93. The standard InChI is InChI=1S/C17H23N3O3S/c1-4-5-6-16(22)19-17-20(9-10-23-3)14-8-7-13(18-12(2)21)11-15(14)24-17/h7-8,11H,4-6,9-10H2,1-3H3,(H,18,21). The van der Waals surface area contributed by atoms with Crippen LogP contribution in [0.1, 0.15) is 33.1 Å². The van der Waals surface area contributed by atoms with Crippen molar-refractivity contribution < 1.29 is 14.3 Å². The van der Waals surface area contributed by atoms with Gasteiger partial charge in [-0.25, -0.2) is 0 Å². The molecule has 0 aliphatic carbocycles. The van der Waals surface area contributed by atoms with Crippen molar-refractivity contribution in [3.8, 4) is 0 Å². The number of rotatable bonds is 7. The highest BCUT2D eigenvalue weighted by atomic mass is 32.1. The Bertz CT molecular complexity index is 792. The topological polar surface area (TPSA) is 72.7 Å². The number of nitrogens with zero attached hydrogens (tertiary/aromatic N) is 2. The Balaban J connectivity index is 2.45. The number of ether oxygens (including phenoxy) is 1. The van der Waals surface area contributed by atoms with Crippen LogP contribution in [0, 0.1) is 0 Å². The predicted molar refractivity (Wildman–Crippen MR) is 96.1 cm³/mol. The van der Waals surface area contributed by atoms with Gasteiger partial charge in [0.15, 0.2) is 4.80 Å². The highest BCUT2D eigenvalue weighted by molar-refractivity contribution is 7.16. The van der Waals surface area contributed by atoms with Crippen molar-refractivity contribution in [2.45, 2.75) is 39.7 Å². The summed E-state index contributed by atoms with van der Waals surface area (Å²) in [5.74, 6) is -0.213. The lowest BCUT2D eigenvalue weighted by molar-refractivity contribution is -0.118. The van der Waals surface area contributed by atoms with Crippen molar-refractivity contribution in [1.29, 1.82) is 0 Å². The summed E-state index contributed by atoms with van der Waals surface area (Å²) in [4.78, 5) is 28.2. The molecule has 7 heteroatoms. The van der Waals surface area contributed by atoms with Gasteiger partial charge in [-0.05, 0) is 24.6 Å². The summed E-state index contributed by atoms with van der Waals surface area (Å²) in [7, 11) is 1.65. The number of hydrogen-bond donors (Lipinski definition) is 1. The van der Waals surface area contributed by atoms with Crippen LogP contribution in [0.5, 0.6) is 0 Å². The molecule has 0 aliphatic rings. The summed E-state index contributed by atoms with van der Waals surface area (Å²) >= 11 is 1.45. The molecule has 2 aromatic rings. The highest BCUT2D eigenvalue weighted by Crippen LogP contribution is 2.22. The van der Waals surface area contributed by atoms with E-state index in [1.165, 1.54) is 18.3 Å². The zero-order valence-corrected chi connectivity index (χ0v) is 15.1. The maximum atomic E-state index is 12.0. The van der Waals surface area contributed by atoms with Crippen LogP contribution >= 0.6 is 11.3 Å². The molecule has 130 valence electrons. The highest BCUT2D eigenvalue weighted by Gasteiger charge is 2.09. The Kier molecular flexibility index (Phi) is 6.69. The normalized spacial score (nSPS) is 11.9. The van der Waals surface area contributed by atoms with Crippen molar-refractivity contribution in [3.05, 3.63) is 23.0 Å². The van der Waals surface area contributed by atoms with E-state index in [-0.39, 0.29) is 11.8 Å². The van der Waals surface area contributed by atoms with Crippen molar-refractivity contribution in [2.75, 3.05) is 19.0 Å². The van der Waals surface area contributed by atoms with Crippen molar-refractivity contribution in [1.82, 2.24) is 4.57 Å². The molecule has 0 radical (unpaired) electrons. The zero-order valence-electron chi connectivity index (χ0n) is 14.3. The molecule has 0 fully saturated rings. The van der Waals surface area contributed by atoms with Gasteiger partial charge in [-0.15, -0.1) is 0 Å². The molecule has 2 amide bonds. The molecule has 1 aromatic heterocycles. The fraction of sp³-hybridized carbons (Fsp3) is 0.471. The molecular weight excluding hydrogens is 326 g/mol. The van der Waals surface area contributed by atoms with Gasteiger partial charge in [0.2, 0.25) is 11.8 Å². The lowest BCUT2D eigenvalue weighted by atomic mass is 10.2. The maximum Gasteiger partial charge on any atom is 0.248 e. The second kappa shape index (κ2) is 8.75. The number of unbranched alkanes of at least 4 members (excludes halogenated alkanes) is 1. The lowest BCUT2D eigenvalue weighted by Crippen LogP contribution is -2.19. The smallest absolute Gasteiger partial charge is 0.248 e. The van der Waals surface area contributed by atoms with Crippen LogP contribution < -0.4 is 10.1 Å². The number of carbonyl (C=O) groups excluding carboxylic acids is 2. The number of methoxy groups -OCH3 is 1. The first kappa shape index (κ1) is 18.4. The Hall–Kier alpha value is -1.99. The van der Waals surface area contributed by atoms with Crippen LogP contribution in [0.25, 0.3) is 10.2 Å². The molecule has 24 heavy (non-hydrogen) atoms. The first-order valence-corrected chi connectivity index (χ1v) is 8.84. The van der Waals surface area contributed by atoms with Crippen molar-refractivity contribution in [2.24, 2.45) is 4.99 Å². The molecule has 0 saturated carbocycles. The number of carbonyl (C=O) groups is 2. The number of hydrogen-bond acceptors (Lipinski definition) is 4. The number of thiazole rings is 1. The number of nitrogens with one attached hydrogen (secondary N) is 1. The minimum atomic E-state index is -0.113. The van der Waals surface area contributed by atoms with E-state index in [2.05, 4.69) is 17.2 Å². The van der Waals surface area contributed by atoms with Gasteiger partial charge in [0.25, 0.3) is 0 Å². The minimum absolute atomic E-state index is 0.100. The summed E-state index contributed by atoms with van der Waals surface area (Å²) in [5.41, 5.74) is 1.71. The van der Waals surface area contributed by atoms with Crippen LogP contribution in [0.4, 0.5) is 5.69 Å². The van der Waals surface area contributed by atoms with Crippen LogP contribution in [-0.2, 0) is 20.9 Å². The molecule has 1 N–H and O–H groups in total.